The van der Waals surface area contributed by atoms with Crippen LogP contribution in [0.5, 0.6) is 17.2 Å². The Labute approximate surface area is 331 Å². The SMILES string of the molecule is CC(NCCC(c1ccccc1)c1ccccc1)c1ccccc1.Cl.Cl.O=C(COc1ccc(Cl)cc1)N1CCN(Cc2ccc3c(c2)OCO3)CC1. The lowest BCUT2D eigenvalue weighted by Gasteiger charge is -2.34. The van der Waals surface area contributed by atoms with Crippen LogP contribution in [0.4, 0.5) is 0 Å². The van der Waals surface area contributed by atoms with Crippen molar-refractivity contribution in [2.45, 2.75) is 31.8 Å². The lowest BCUT2D eigenvalue weighted by molar-refractivity contribution is -0.135. The van der Waals surface area contributed by atoms with Crippen LogP contribution in [-0.2, 0) is 11.3 Å². The summed E-state index contributed by atoms with van der Waals surface area (Å²) in [4.78, 5) is 16.5. The summed E-state index contributed by atoms with van der Waals surface area (Å²) >= 11 is 5.85. The second-order valence-electron chi connectivity index (χ2n) is 12.8. The van der Waals surface area contributed by atoms with Crippen LogP contribution in [0.1, 0.15) is 47.6 Å². The maximum Gasteiger partial charge on any atom is 0.260 e. The van der Waals surface area contributed by atoms with Crippen molar-refractivity contribution >= 4 is 42.3 Å². The van der Waals surface area contributed by atoms with E-state index in [-0.39, 0.29) is 44.1 Å². The van der Waals surface area contributed by atoms with Gasteiger partial charge in [0, 0.05) is 49.7 Å². The standard InChI is InChI=1S/C23H25N.C20H21ClN2O4.2ClH/c1-19(20-11-5-2-6-12-20)24-18-17-23(21-13-7-3-8-14-21)22-15-9-4-10-16-22;21-16-2-4-17(5-3-16)25-13-20(24)23-9-7-22(8-10-23)12-15-1-6-18-19(11-15)27-14-26-18;;/h2-16,19,23-24H,17-18H2,1H3;1-6,11H,7-10,12-14H2;2*1H. The third-order valence-electron chi connectivity index (χ3n) is 9.33. The Bertz CT molecular complexity index is 1750. The summed E-state index contributed by atoms with van der Waals surface area (Å²) in [5.74, 6) is 2.69. The third-order valence-corrected chi connectivity index (χ3v) is 9.58. The van der Waals surface area contributed by atoms with E-state index in [4.69, 9.17) is 25.8 Å². The first-order chi connectivity index (χ1) is 25.0. The van der Waals surface area contributed by atoms with Gasteiger partial charge in [0.2, 0.25) is 6.79 Å². The normalized spacial score (nSPS) is 13.9. The number of ether oxygens (including phenoxy) is 3. The first-order valence-corrected chi connectivity index (χ1v) is 18.0. The molecule has 0 bridgehead atoms. The first-order valence-electron chi connectivity index (χ1n) is 17.7. The molecule has 2 heterocycles. The van der Waals surface area contributed by atoms with Gasteiger partial charge in [-0.15, -0.1) is 24.8 Å². The van der Waals surface area contributed by atoms with Crippen LogP contribution in [-0.4, -0.2) is 61.8 Å². The molecule has 10 heteroatoms. The van der Waals surface area contributed by atoms with Crippen LogP contribution in [0.2, 0.25) is 5.02 Å². The second kappa shape index (κ2) is 21.5. The van der Waals surface area contributed by atoms with Gasteiger partial charge in [0.05, 0.1) is 0 Å². The van der Waals surface area contributed by atoms with E-state index in [0.717, 1.165) is 44.1 Å². The molecule has 0 aliphatic carbocycles. The highest BCUT2D eigenvalue weighted by Gasteiger charge is 2.22. The van der Waals surface area contributed by atoms with Crippen LogP contribution in [0.25, 0.3) is 0 Å². The third kappa shape index (κ3) is 12.4. The molecule has 1 saturated heterocycles. The number of fused-ring (bicyclic) bond motifs is 1. The van der Waals surface area contributed by atoms with Gasteiger partial charge in [0.25, 0.3) is 5.91 Å². The summed E-state index contributed by atoms with van der Waals surface area (Å²) < 4.78 is 16.3. The number of hydrogen-bond acceptors (Lipinski definition) is 6. The molecule has 1 unspecified atom stereocenters. The Balaban J connectivity index is 0.000000230. The molecule has 2 aliphatic rings. The van der Waals surface area contributed by atoms with Crippen molar-refractivity contribution in [2.24, 2.45) is 0 Å². The number of nitrogens with one attached hydrogen (secondary N) is 1. The van der Waals surface area contributed by atoms with Crippen molar-refractivity contribution in [3.8, 4) is 17.2 Å². The average Bonchev–Trinajstić information content (AvgIpc) is 3.66. The molecule has 1 atom stereocenters. The number of carbonyl (C=O) groups excluding carboxylic acids is 1. The van der Waals surface area contributed by atoms with Gasteiger partial charge in [-0.05, 0) is 78.5 Å². The molecular formula is C43H48Cl3N3O4. The monoisotopic (exact) mass is 775 g/mol. The van der Waals surface area contributed by atoms with E-state index >= 15 is 0 Å². The van der Waals surface area contributed by atoms with Gasteiger partial charge in [-0.2, -0.15) is 0 Å². The van der Waals surface area contributed by atoms with Crippen LogP contribution >= 0.6 is 36.4 Å². The zero-order valence-corrected chi connectivity index (χ0v) is 32.3. The molecule has 5 aromatic carbocycles. The predicted molar refractivity (Wildman–Crippen MR) is 218 cm³/mol. The van der Waals surface area contributed by atoms with Gasteiger partial charge in [-0.1, -0.05) is 109 Å². The van der Waals surface area contributed by atoms with Crippen molar-refractivity contribution < 1.29 is 19.0 Å². The fraction of sp³-hybridized carbons (Fsp3) is 0.279. The molecule has 1 amide bonds. The molecule has 0 saturated carbocycles. The molecule has 0 aromatic heterocycles. The van der Waals surface area contributed by atoms with Crippen LogP contribution in [0.3, 0.4) is 0 Å². The van der Waals surface area contributed by atoms with E-state index in [0.29, 0.717) is 35.8 Å². The second-order valence-corrected chi connectivity index (χ2v) is 13.3. The topological polar surface area (TPSA) is 63.3 Å². The molecule has 7 rings (SSSR count). The summed E-state index contributed by atoms with van der Waals surface area (Å²) in [6, 6.07) is 45.7. The number of hydrogen-bond donors (Lipinski definition) is 1. The number of piperazine rings is 1. The fourth-order valence-corrected chi connectivity index (χ4v) is 6.55. The average molecular weight is 777 g/mol. The van der Waals surface area contributed by atoms with E-state index < -0.39 is 0 Å². The molecular weight excluding hydrogens is 729 g/mol. The van der Waals surface area contributed by atoms with Crippen molar-refractivity contribution in [1.29, 1.82) is 0 Å². The van der Waals surface area contributed by atoms with Crippen molar-refractivity contribution in [3.05, 3.63) is 161 Å². The Hall–Kier alpha value is -4.24. The van der Waals surface area contributed by atoms with Crippen molar-refractivity contribution in [1.82, 2.24) is 15.1 Å². The van der Waals surface area contributed by atoms with E-state index in [1.54, 1.807) is 24.3 Å². The summed E-state index contributed by atoms with van der Waals surface area (Å²) in [5, 5.41) is 4.31. The zero-order chi connectivity index (χ0) is 35.3. The minimum absolute atomic E-state index is 0. The highest BCUT2D eigenvalue weighted by atomic mass is 35.5. The summed E-state index contributed by atoms with van der Waals surface area (Å²) in [5.41, 5.74) is 5.30. The van der Waals surface area contributed by atoms with Gasteiger partial charge in [0.1, 0.15) is 5.75 Å². The van der Waals surface area contributed by atoms with Gasteiger partial charge < -0.3 is 24.4 Å². The van der Waals surface area contributed by atoms with Crippen molar-refractivity contribution in [3.63, 3.8) is 0 Å². The molecule has 2 aliphatic heterocycles. The number of carbonyl (C=O) groups is 1. The molecule has 280 valence electrons. The smallest absolute Gasteiger partial charge is 0.260 e. The Morgan fingerprint density at radius 3 is 1.91 bits per heavy atom. The van der Waals surface area contributed by atoms with Crippen LogP contribution in [0, 0.1) is 0 Å². The Morgan fingerprint density at radius 2 is 1.30 bits per heavy atom. The van der Waals surface area contributed by atoms with Gasteiger partial charge >= 0.3 is 0 Å². The molecule has 0 spiro atoms. The van der Waals surface area contributed by atoms with Gasteiger partial charge in [-0.25, -0.2) is 0 Å². The molecule has 0 radical (unpaired) electrons. The fourth-order valence-electron chi connectivity index (χ4n) is 6.42. The maximum absolute atomic E-state index is 12.4. The quantitative estimate of drug-likeness (QED) is 0.136. The molecule has 1 N–H and O–H groups in total. The maximum atomic E-state index is 12.4. The minimum Gasteiger partial charge on any atom is -0.484 e. The van der Waals surface area contributed by atoms with E-state index in [2.05, 4.69) is 114 Å². The van der Waals surface area contributed by atoms with E-state index in [1.807, 2.05) is 17.0 Å². The molecule has 1 fully saturated rings. The van der Waals surface area contributed by atoms with Gasteiger partial charge in [0.15, 0.2) is 18.1 Å². The van der Waals surface area contributed by atoms with Crippen molar-refractivity contribution in [2.75, 3.05) is 46.1 Å². The van der Waals surface area contributed by atoms with Gasteiger partial charge in [-0.3, -0.25) is 9.69 Å². The number of amides is 1. The first kappa shape index (κ1) is 41.5. The van der Waals surface area contributed by atoms with Crippen LogP contribution < -0.4 is 19.5 Å². The van der Waals surface area contributed by atoms with Crippen LogP contribution in [0.15, 0.2) is 133 Å². The van der Waals surface area contributed by atoms with E-state index in [1.165, 1.54) is 22.3 Å². The highest BCUT2D eigenvalue weighted by Crippen LogP contribution is 2.33. The number of halogens is 3. The number of rotatable bonds is 12. The molecule has 5 aromatic rings. The lowest BCUT2D eigenvalue weighted by atomic mass is 9.88. The summed E-state index contributed by atoms with van der Waals surface area (Å²) in [6.07, 6.45) is 1.09. The van der Waals surface area contributed by atoms with E-state index in [9.17, 15) is 4.79 Å². The summed E-state index contributed by atoms with van der Waals surface area (Å²) in [6.45, 7) is 7.46. The molecule has 7 nitrogen and oxygen atoms in total. The Kier molecular flexibility index (Phi) is 16.8. The molecule has 53 heavy (non-hydrogen) atoms. The highest BCUT2D eigenvalue weighted by molar-refractivity contribution is 6.30. The summed E-state index contributed by atoms with van der Waals surface area (Å²) in [7, 11) is 0. The largest absolute Gasteiger partial charge is 0.484 e. The lowest BCUT2D eigenvalue weighted by Crippen LogP contribution is -2.49. The predicted octanol–water partition coefficient (Wildman–Crippen LogP) is 9.19. The zero-order valence-electron chi connectivity index (χ0n) is 29.9. The number of benzene rings is 5. The Morgan fingerprint density at radius 1 is 0.736 bits per heavy atom. The minimum atomic E-state index is 0. The number of nitrogens with zero attached hydrogens (tertiary/aromatic N) is 2.